The average molecular weight is 280 g/mol. The van der Waals surface area contributed by atoms with Crippen molar-refractivity contribution in [3.05, 3.63) is 66.1 Å². The third-order valence-electron chi connectivity index (χ3n) is 3.16. The molecule has 4 heteroatoms. The minimum atomic E-state index is -0.294. The monoisotopic (exact) mass is 280 g/mol. The smallest absolute Gasteiger partial charge is 0.267 e. The summed E-state index contributed by atoms with van der Waals surface area (Å²) in [6.07, 6.45) is -0.294. The Morgan fingerprint density at radius 2 is 1.71 bits per heavy atom. The first kappa shape index (κ1) is 13.4. The lowest BCUT2D eigenvalue weighted by atomic mass is 10.2. The van der Waals surface area contributed by atoms with E-state index in [0.717, 1.165) is 11.3 Å². The summed E-state index contributed by atoms with van der Waals surface area (Å²) in [7, 11) is 0. The van der Waals surface area contributed by atoms with Crippen LogP contribution < -0.4 is 4.74 Å². The highest BCUT2D eigenvalue weighted by atomic mass is 16.5. The van der Waals surface area contributed by atoms with Crippen LogP contribution in [0.4, 0.5) is 0 Å². The third kappa shape index (κ3) is 3.11. The van der Waals surface area contributed by atoms with Crippen molar-refractivity contribution in [2.75, 3.05) is 0 Å². The SMILES string of the molecule is Cc1ccc(O[C@@H](C)c2nc(-c3ccccc3)no2)cc1. The topological polar surface area (TPSA) is 48.2 Å². The molecular weight excluding hydrogens is 264 g/mol. The summed E-state index contributed by atoms with van der Waals surface area (Å²) in [5.41, 5.74) is 2.12. The zero-order valence-electron chi connectivity index (χ0n) is 12.0. The highest BCUT2D eigenvalue weighted by molar-refractivity contribution is 5.53. The van der Waals surface area contributed by atoms with E-state index in [4.69, 9.17) is 9.26 Å². The van der Waals surface area contributed by atoms with Crippen molar-refractivity contribution in [1.82, 2.24) is 10.1 Å². The van der Waals surface area contributed by atoms with Crippen LogP contribution in [-0.4, -0.2) is 10.1 Å². The van der Waals surface area contributed by atoms with Crippen LogP contribution >= 0.6 is 0 Å². The number of hydrogen-bond acceptors (Lipinski definition) is 4. The van der Waals surface area contributed by atoms with Gasteiger partial charge < -0.3 is 9.26 Å². The Hall–Kier alpha value is -2.62. The predicted molar refractivity (Wildman–Crippen MR) is 80.0 cm³/mol. The number of benzene rings is 2. The third-order valence-corrected chi connectivity index (χ3v) is 3.16. The number of hydrogen-bond donors (Lipinski definition) is 0. The van der Waals surface area contributed by atoms with Crippen LogP contribution in [0, 0.1) is 6.92 Å². The summed E-state index contributed by atoms with van der Waals surface area (Å²) in [5, 5.41) is 4.00. The molecule has 3 rings (SSSR count). The normalized spacial score (nSPS) is 12.1. The summed E-state index contributed by atoms with van der Waals surface area (Å²) < 4.78 is 11.1. The predicted octanol–water partition coefficient (Wildman–Crippen LogP) is 4.19. The Bertz CT molecular complexity index is 705. The molecule has 0 unspecified atom stereocenters. The Labute approximate surface area is 123 Å². The summed E-state index contributed by atoms with van der Waals surface area (Å²) >= 11 is 0. The molecule has 0 aliphatic heterocycles. The van der Waals surface area contributed by atoms with Crippen molar-refractivity contribution in [2.45, 2.75) is 20.0 Å². The maximum Gasteiger partial charge on any atom is 0.267 e. The molecule has 0 amide bonds. The molecule has 0 saturated carbocycles. The Kier molecular flexibility index (Phi) is 3.69. The molecule has 0 bridgehead atoms. The van der Waals surface area contributed by atoms with Crippen molar-refractivity contribution in [1.29, 1.82) is 0 Å². The first-order valence-electron chi connectivity index (χ1n) is 6.85. The molecule has 4 nitrogen and oxygen atoms in total. The van der Waals surface area contributed by atoms with E-state index in [9.17, 15) is 0 Å². The van der Waals surface area contributed by atoms with Gasteiger partial charge in [-0.15, -0.1) is 0 Å². The second-order valence-corrected chi connectivity index (χ2v) is 4.90. The summed E-state index contributed by atoms with van der Waals surface area (Å²) in [4.78, 5) is 4.39. The van der Waals surface area contributed by atoms with Crippen molar-refractivity contribution >= 4 is 0 Å². The second-order valence-electron chi connectivity index (χ2n) is 4.90. The van der Waals surface area contributed by atoms with E-state index in [-0.39, 0.29) is 6.10 Å². The average Bonchev–Trinajstić information content (AvgIpc) is 3.00. The number of rotatable bonds is 4. The molecular formula is C17H16N2O2. The van der Waals surface area contributed by atoms with Crippen LogP contribution in [0.5, 0.6) is 5.75 Å². The molecule has 1 heterocycles. The van der Waals surface area contributed by atoms with Gasteiger partial charge in [0.1, 0.15) is 5.75 Å². The van der Waals surface area contributed by atoms with Gasteiger partial charge in [-0.25, -0.2) is 0 Å². The first-order valence-corrected chi connectivity index (χ1v) is 6.85. The zero-order valence-corrected chi connectivity index (χ0v) is 12.0. The van der Waals surface area contributed by atoms with E-state index in [1.54, 1.807) is 0 Å². The van der Waals surface area contributed by atoms with Gasteiger partial charge in [-0.3, -0.25) is 0 Å². The van der Waals surface area contributed by atoms with Gasteiger partial charge in [-0.2, -0.15) is 4.98 Å². The van der Waals surface area contributed by atoms with Crippen molar-refractivity contribution in [2.24, 2.45) is 0 Å². The highest BCUT2D eigenvalue weighted by Gasteiger charge is 2.16. The fraction of sp³-hybridized carbons (Fsp3) is 0.176. The largest absolute Gasteiger partial charge is 0.481 e. The molecule has 0 fully saturated rings. The molecule has 1 aromatic heterocycles. The van der Waals surface area contributed by atoms with Crippen LogP contribution in [0.1, 0.15) is 24.5 Å². The van der Waals surface area contributed by atoms with Crippen LogP contribution in [0.2, 0.25) is 0 Å². The van der Waals surface area contributed by atoms with Gasteiger partial charge in [-0.05, 0) is 26.0 Å². The number of nitrogens with zero attached hydrogens (tertiary/aromatic N) is 2. The molecule has 0 radical (unpaired) electrons. The van der Waals surface area contributed by atoms with Gasteiger partial charge in [0.2, 0.25) is 5.82 Å². The molecule has 1 atom stereocenters. The lowest BCUT2D eigenvalue weighted by molar-refractivity contribution is 0.176. The number of ether oxygens (including phenoxy) is 1. The maximum absolute atomic E-state index is 5.81. The zero-order chi connectivity index (χ0) is 14.7. The fourth-order valence-corrected chi connectivity index (χ4v) is 1.98. The van der Waals surface area contributed by atoms with E-state index >= 15 is 0 Å². The van der Waals surface area contributed by atoms with Gasteiger partial charge in [0.15, 0.2) is 6.10 Å². The Balaban J connectivity index is 1.75. The van der Waals surface area contributed by atoms with Crippen LogP contribution in [-0.2, 0) is 0 Å². The standard InChI is InChI=1S/C17H16N2O2/c1-12-8-10-15(11-9-12)20-13(2)17-18-16(19-21-17)14-6-4-3-5-7-14/h3-11,13H,1-2H3/t13-/m0/s1. The van der Waals surface area contributed by atoms with Gasteiger partial charge in [0.25, 0.3) is 5.89 Å². The second kappa shape index (κ2) is 5.79. The Morgan fingerprint density at radius 1 is 1.00 bits per heavy atom. The van der Waals surface area contributed by atoms with E-state index < -0.39 is 0 Å². The number of aryl methyl sites for hydroxylation is 1. The molecule has 0 aliphatic carbocycles. The van der Waals surface area contributed by atoms with Crippen molar-refractivity contribution < 1.29 is 9.26 Å². The van der Waals surface area contributed by atoms with E-state index in [2.05, 4.69) is 10.1 Å². The molecule has 0 aliphatic rings. The maximum atomic E-state index is 5.81. The summed E-state index contributed by atoms with van der Waals surface area (Å²) in [6, 6.07) is 17.6. The molecule has 0 N–H and O–H groups in total. The lowest BCUT2D eigenvalue weighted by Crippen LogP contribution is -2.03. The molecule has 21 heavy (non-hydrogen) atoms. The minimum absolute atomic E-state index is 0.294. The van der Waals surface area contributed by atoms with Gasteiger partial charge in [-0.1, -0.05) is 53.2 Å². The van der Waals surface area contributed by atoms with E-state index in [1.165, 1.54) is 5.56 Å². The quantitative estimate of drug-likeness (QED) is 0.719. The van der Waals surface area contributed by atoms with Crippen molar-refractivity contribution in [3.8, 4) is 17.1 Å². The first-order chi connectivity index (χ1) is 10.2. The summed E-state index contributed by atoms with van der Waals surface area (Å²) in [5.74, 6) is 1.83. The molecule has 0 spiro atoms. The van der Waals surface area contributed by atoms with Crippen molar-refractivity contribution in [3.63, 3.8) is 0 Å². The molecule has 106 valence electrons. The van der Waals surface area contributed by atoms with E-state index in [0.29, 0.717) is 11.7 Å². The fourth-order valence-electron chi connectivity index (χ4n) is 1.98. The molecule has 2 aromatic carbocycles. The lowest BCUT2D eigenvalue weighted by Gasteiger charge is -2.10. The minimum Gasteiger partial charge on any atom is -0.481 e. The highest BCUT2D eigenvalue weighted by Crippen LogP contribution is 2.23. The van der Waals surface area contributed by atoms with Gasteiger partial charge >= 0.3 is 0 Å². The van der Waals surface area contributed by atoms with Crippen LogP contribution in [0.25, 0.3) is 11.4 Å². The van der Waals surface area contributed by atoms with E-state index in [1.807, 2.05) is 68.4 Å². The molecule has 3 aromatic rings. The van der Waals surface area contributed by atoms with Crippen LogP contribution in [0.15, 0.2) is 59.1 Å². The Morgan fingerprint density at radius 3 is 2.43 bits per heavy atom. The van der Waals surface area contributed by atoms with Gasteiger partial charge in [0.05, 0.1) is 0 Å². The summed E-state index contributed by atoms with van der Waals surface area (Å²) in [6.45, 7) is 3.93. The number of aromatic nitrogens is 2. The van der Waals surface area contributed by atoms with Gasteiger partial charge in [0, 0.05) is 5.56 Å². The molecule has 0 saturated heterocycles. The van der Waals surface area contributed by atoms with Crippen LogP contribution in [0.3, 0.4) is 0 Å².